The largest absolute Gasteiger partial charge is 0.353 e. The Hall–Kier alpha value is 0.748. The van der Waals surface area contributed by atoms with Crippen molar-refractivity contribution >= 4 is 35.8 Å². The van der Waals surface area contributed by atoms with E-state index in [2.05, 4.69) is 61.2 Å². The smallest absolute Gasteiger partial charge is 0.116 e. The van der Waals surface area contributed by atoms with Gasteiger partial charge in [-0.1, -0.05) is 53.3 Å². The molecular weight excluding hydrogens is 359 g/mol. The molecule has 1 saturated heterocycles. The average molecular weight is 404 g/mol. The summed E-state index contributed by atoms with van der Waals surface area (Å²) >= 11 is 0. The third-order valence-electron chi connectivity index (χ3n) is 6.73. The van der Waals surface area contributed by atoms with Crippen LogP contribution in [0.3, 0.4) is 0 Å². The van der Waals surface area contributed by atoms with Crippen LogP contribution in [0.25, 0.3) is 0 Å². The van der Waals surface area contributed by atoms with Crippen LogP contribution in [-0.2, 0) is 0 Å². The summed E-state index contributed by atoms with van der Waals surface area (Å²) in [6.07, 6.45) is 1.52. The van der Waals surface area contributed by atoms with Gasteiger partial charge in [0.25, 0.3) is 0 Å². The lowest BCUT2D eigenvalue weighted by atomic mass is 10.6. The van der Waals surface area contributed by atoms with Gasteiger partial charge < -0.3 is 13.4 Å². The molecule has 0 aromatic carbocycles. The van der Waals surface area contributed by atoms with E-state index < -0.39 is 26.2 Å². The van der Waals surface area contributed by atoms with Crippen molar-refractivity contribution in [3.05, 3.63) is 0 Å². The highest BCUT2D eigenvalue weighted by Gasteiger charge is 2.39. The Kier molecular flexibility index (Phi) is 10.9. The average Bonchev–Trinajstić information content (AvgIpc) is 2.88. The normalized spacial score (nSPS) is 25.9. The molecule has 3 atom stereocenters. The Morgan fingerprint density at radius 2 is 1.58 bits per heavy atom. The lowest BCUT2D eigenvalue weighted by Crippen LogP contribution is -2.52. The number of hydrogen-bond donors (Lipinski definition) is 0. The third kappa shape index (κ3) is 6.48. The Balaban J connectivity index is 2.60. The van der Waals surface area contributed by atoms with E-state index in [1.807, 2.05) is 0 Å². The van der Waals surface area contributed by atoms with E-state index in [4.69, 9.17) is 0 Å². The molecule has 3 nitrogen and oxygen atoms in total. The maximum absolute atomic E-state index is 2.93. The molecule has 0 aliphatic carbocycles. The first-order chi connectivity index (χ1) is 11.4. The van der Waals surface area contributed by atoms with Gasteiger partial charge in [0.2, 0.25) is 0 Å². The van der Waals surface area contributed by atoms with Crippen LogP contribution in [0.5, 0.6) is 0 Å². The third-order valence-corrected chi connectivity index (χ3v) is 26.5. The van der Waals surface area contributed by atoms with Crippen LogP contribution < -0.4 is 0 Å². The summed E-state index contributed by atoms with van der Waals surface area (Å²) in [7, 11) is 0.185. The van der Waals surface area contributed by atoms with Crippen molar-refractivity contribution < 1.29 is 0 Å². The lowest BCUT2D eigenvalue weighted by molar-refractivity contribution is 0.472. The molecule has 1 aliphatic heterocycles. The van der Waals surface area contributed by atoms with Crippen LogP contribution in [0.2, 0.25) is 42.9 Å². The molecule has 0 aromatic rings. The zero-order valence-corrected chi connectivity index (χ0v) is 22.5. The molecule has 144 valence electrons. The maximum atomic E-state index is 2.93. The number of nitrogens with zero attached hydrogens (tertiary/aromatic N) is 3. The van der Waals surface area contributed by atoms with E-state index in [0.29, 0.717) is 0 Å². The SMILES string of the molecule is CCN(CC)[SiH](C)CCC[SiH](C[Si]1(C)CC[SiH2]N1C)N(CC)CC. The fraction of sp³-hybridized carbons (Fsp3) is 1.00. The quantitative estimate of drug-likeness (QED) is 0.464. The first-order valence-corrected chi connectivity index (χ1v) is 19.7. The van der Waals surface area contributed by atoms with E-state index >= 15 is 0 Å². The number of rotatable bonds is 12. The maximum Gasteiger partial charge on any atom is 0.116 e. The van der Waals surface area contributed by atoms with E-state index in [1.165, 1.54) is 38.6 Å². The molecule has 0 saturated carbocycles. The van der Waals surface area contributed by atoms with Crippen molar-refractivity contribution in [1.29, 1.82) is 0 Å². The summed E-state index contributed by atoms with van der Waals surface area (Å²) in [5.41, 5.74) is 1.67. The molecule has 24 heavy (non-hydrogen) atoms. The van der Waals surface area contributed by atoms with Crippen LogP contribution in [0, 0.1) is 0 Å². The van der Waals surface area contributed by atoms with E-state index in [-0.39, 0.29) is 9.68 Å². The minimum atomic E-state index is -1.04. The second kappa shape index (κ2) is 11.5. The van der Waals surface area contributed by atoms with Gasteiger partial charge in [-0.2, -0.15) is 0 Å². The second-order valence-electron chi connectivity index (χ2n) is 8.10. The first-order valence-electron chi connectivity index (χ1n) is 10.6. The van der Waals surface area contributed by atoms with Crippen LogP contribution in [-0.4, -0.2) is 82.4 Å². The van der Waals surface area contributed by atoms with Gasteiger partial charge in [-0.15, -0.1) is 0 Å². The van der Waals surface area contributed by atoms with Crippen molar-refractivity contribution in [2.75, 3.05) is 33.2 Å². The predicted octanol–water partition coefficient (Wildman–Crippen LogP) is 2.70. The monoisotopic (exact) mass is 403 g/mol. The van der Waals surface area contributed by atoms with Gasteiger partial charge in [0, 0.05) is 0 Å². The molecule has 0 amide bonds. The number of hydrogen-bond acceptors (Lipinski definition) is 3. The highest BCUT2D eigenvalue weighted by molar-refractivity contribution is 6.92. The minimum Gasteiger partial charge on any atom is -0.353 e. The van der Waals surface area contributed by atoms with Gasteiger partial charge in [-0.3, -0.25) is 0 Å². The van der Waals surface area contributed by atoms with E-state index in [1.54, 1.807) is 23.8 Å². The Bertz CT molecular complexity index is 340. The molecule has 0 aromatic heterocycles. The first kappa shape index (κ1) is 22.8. The zero-order chi connectivity index (χ0) is 18.2. The fourth-order valence-electron chi connectivity index (χ4n) is 4.76. The second-order valence-corrected chi connectivity index (χ2v) is 22.3. The highest BCUT2D eigenvalue weighted by Crippen LogP contribution is 2.30. The van der Waals surface area contributed by atoms with E-state index in [0.717, 1.165) is 0 Å². The zero-order valence-electron chi connectivity index (χ0n) is 17.8. The standard InChI is InChI=1S/C17H45N3Si4/c1-8-19(9-2)22(6)14-12-15-23(20(10-3)11-4)17-24(7)16-13-21-18(24)5/h22-23H,8-17,21H2,1-7H3. The van der Waals surface area contributed by atoms with Crippen molar-refractivity contribution in [3.8, 4) is 0 Å². The van der Waals surface area contributed by atoms with Crippen molar-refractivity contribution in [1.82, 2.24) is 13.4 Å². The fourth-order valence-corrected chi connectivity index (χ4v) is 26.5. The van der Waals surface area contributed by atoms with Crippen LogP contribution in [0.15, 0.2) is 0 Å². The Labute approximate surface area is 159 Å². The molecule has 0 bridgehead atoms. The minimum absolute atomic E-state index is 0.133. The molecule has 1 aliphatic rings. The van der Waals surface area contributed by atoms with Crippen LogP contribution in [0.1, 0.15) is 34.1 Å². The molecule has 0 spiro atoms. The van der Waals surface area contributed by atoms with Gasteiger partial charge >= 0.3 is 0 Å². The van der Waals surface area contributed by atoms with Gasteiger partial charge in [-0.05, 0) is 57.0 Å². The van der Waals surface area contributed by atoms with Crippen LogP contribution in [0.4, 0.5) is 0 Å². The van der Waals surface area contributed by atoms with Gasteiger partial charge in [0.05, 0.1) is 9.68 Å². The molecule has 0 N–H and O–H groups in total. The van der Waals surface area contributed by atoms with Crippen molar-refractivity contribution in [2.24, 2.45) is 0 Å². The Morgan fingerprint density at radius 1 is 1.00 bits per heavy atom. The summed E-state index contributed by atoms with van der Waals surface area (Å²) in [6.45, 7) is 19.9. The van der Waals surface area contributed by atoms with Gasteiger partial charge in [-0.25, -0.2) is 0 Å². The van der Waals surface area contributed by atoms with Crippen LogP contribution >= 0.6 is 0 Å². The van der Waals surface area contributed by atoms with Crippen molar-refractivity contribution in [3.63, 3.8) is 0 Å². The molecule has 3 unspecified atom stereocenters. The lowest BCUT2D eigenvalue weighted by Gasteiger charge is -2.38. The van der Waals surface area contributed by atoms with Crippen molar-refractivity contribution in [2.45, 2.75) is 77.1 Å². The Morgan fingerprint density at radius 3 is 2.04 bits per heavy atom. The molecule has 7 heteroatoms. The molecule has 1 rings (SSSR count). The summed E-state index contributed by atoms with van der Waals surface area (Å²) < 4.78 is 8.61. The van der Waals surface area contributed by atoms with Gasteiger partial charge in [0.15, 0.2) is 0 Å². The topological polar surface area (TPSA) is 9.72 Å². The molecule has 1 heterocycles. The highest BCUT2D eigenvalue weighted by atomic mass is 28.4. The van der Waals surface area contributed by atoms with E-state index in [9.17, 15) is 0 Å². The summed E-state index contributed by atoms with van der Waals surface area (Å²) in [6, 6.07) is 6.34. The summed E-state index contributed by atoms with van der Waals surface area (Å²) in [4.78, 5) is 0. The van der Waals surface area contributed by atoms with Gasteiger partial charge in [0.1, 0.15) is 26.2 Å². The molecule has 0 radical (unpaired) electrons. The predicted molar refractivity (Wildman–Crippen MR) is 123 cm³/mol. The molecule has 1 fully saturated rings. The summed E-state index contributed by atoms with van der Waals surface area (Å²) in [5.74, 6) is 0. The summed E-state index contributed by atoms with van der Waals surface area (Å²) in [5, 5.41) is 0. The molecular formula is C17H45N3Si4.